The molecule has 0 saturated carbocycles. The maximum atomic E-state index is 10.5. The Hall–Kier alpha value is 0.170. The predicted molar refractivity (Wildman–Crippen MR) is 65.9 cm³/mol. The number of halogens is 2. The van der Waals surface area contributed by atoms with Crippen molar-refractivity contribution in [1.29, 1.82) is 0 Å². The Morgan fingerprint density at radius 2 is 1.73 bits per heavy atom. The molecule has 1 saturated heterocycles. The fourth-order valence-corrected chi connectivity index (χ4v) is 1.90. The van der Waals surface area contributed by atoms with Crippen molar-refractivity contribution in [2.24, 2.45) is 0 Å². The summed E-state index contributed by atoms with van der Waals surface area (Å²) in [4.78, 5) is 15.4. The average Bonchev–Trinajstić information content (AvgIpc) is 2.18. The van der Waals surface area contributed by atoms with Gasteiger partial charge < -0.3 is 9.80 Å². The van der Waals surface area contributed by atoms with Crippen molar-refractivity contribution in [2.45, 2.75) is 19.8 Å². The van der Waals surface area contributed by atoms with Gasteiger partial charge in [0.05, 0.1) is 0 Å². The molecule has 0 bridgehead atoms. The van der Waals surface area contributed by atoms with Crippen molar-refractivity contribution in [2.75, 3.05) is 39.3 Å². The monoisotopic (exact) mass is 254 g/mol. The van der Waals surface area contributed by atoms with Gasteiger partial charge in [0.1, 0.15) is 0 Å². The van der Waals surface area contributed by atoms with Gasteiger partial charge in [0, 0.05) is 32.6 Å². The third-order valence-electron chi connectivity index (χ3n) is 2.76. The summed E-state index contributed by atoms with van der Waals surface area (Å²) in [6.07, 6.45) is 1.41. The lowest BCUT2D eigenvalue weighted by Gasteiger charge is -2.33. The summed E-state index contributed by atoms with van der Waals surface area (Å²) in [5.74, 6) is 0. The molecule has 0 aromatic carbocycles. The molecule has 0 atom stereocenters. The zero-order chi connectivity index (χ0) is 10.4. The Kier molecular flexibility index (Phi) is 8.43. The van der Waals surface area contributed by atoms with E-state index in [9.17, 15) is 4.79 Å². The Bertz CT molecular complexity index is 182. The van der Waals surface area contributed by atoms with E-state index in [1.165, 1.54) is 0 Å². The number of rotatable bonds is 5. The number of piperazine rings is 1. The van der Waals surface area contributed by atoms with Crippen molar-refractivity contribution < 1.29 is 4.79 Å². The fraction of sp³-hybridized carbons (Fsp3) is 0.900. The van der Waals surface area contributed by atoms with Crippen LogP contribution < -0.4 is 0 Å². The van der Waals surface area contributed by atoms with Gasteiger partial charge in [0.15, 0.2) is 0 Å². The number of carbonyl (C=O) groups excluding carboxylic acids is 1. The van der Waals surface area contributed by atoms with E-state index in [2.05, 4.69) is 16.7 Å². The van der Waals surface area contributed by atoms with E-state index in [4.69, 9.17) is 11.6 Å². The highest BCUT2D eigenvalue weighted by Crippen LogP contribution is 2.03. The van der Waals surface area contributed by atoms with Gasteiger partial charge in [-0.05, 0) is 31.1 Å². The van der Waals surface area contributed by atoms with E-state index in [-0.39, 0.29) is 17.6 Å². The zero-order valence-electron chi connectivity index (χ0n) is 9.25. The minimum atomic E-state index is -0.211. The number of nitrogens with zero attached hydrogens (tertiary/aromatic N) is 2. The van der Waals surface area contributed by atoms with Crippen molar-refractivity contribution in [1.82, 2.24) is 9.80 Å². The third-order valence-corrected chi connectivity index (χ3v) is 2.95. The van der Waals surface area contributed by atoms with E-state index >= 15 is 0 Å². The number of hydrogen-bond donors (Lipinski definition) is 0. The molecular formula is C10H20Cl2N2O. The van der Waals surface area contributed by atoms with Crippen LogP contribution in [0.5, 0.6) is 0 Å². The van der Waals surface area contributed by atoms with E-state index in [0.717, 1.165) is 45.7 Å². The van der Waals surface area contributed by atoms with E-state index in [0.29, 0.717) is 6.42 Å². The minimum absolute atomic E-state index is 0. The normalized spacial score (nSPS) is 18.5. The molecule has 0 radical (unpaired) electrons. The second kappa shape index (κ2) is 8.34. The molecule has 1 aliphatic rings. The summed E-state index contributed by atoms with van der Waals surface area (Å²) in [7, 11) is 0. The SMILES string of the molecule is CCN1CCN(CCCC(=O)Cl)CC1.Cl. The number of carbonyl (C=O) groups is 1. The molecule has 1 aliphatic heterocycles. The summed E-state index contributed by atoms with van der Waals surface area (Å²) < 4.78 is 0. The summed E-state index contributed by atoms with van der Waals surface area (Å²) in [5, 5.41) is -0.211. The highest BCUT2D eigenvalue weighted by atomic mass is 35.5. The molecule has 0 aromatic heterocycles. The van der Waals surface area contributed by atoms with Crippen molar-refractivity contribution in [3.05, 3.63) is 0 Å². The first kappa shape index (κ1) is 15.2. The maximum Gasteiger partial charge on any atom is 0.221 e. The van der Waals surface area contributed by atoms with Crippen LogP contribution >= 0.6 is 24.0 Å². The molecular weight excluding hydrogens is 235 g/mol. The fourth-order valence-electron chi connectivity index (χ4n) is 1.77. The lowest BCUT2D eigenvalue weighted by atomic mass is 10.2. The van der Waals surface area contributed by atoms with Crippen LogP contribution in [0.25, 0.3) is 0 Å². The van der Waals surface area contributed by atoms with Gasteiger partial charge in [-0.15, -0.1) is 12.4 Å². The van der Waals surface area contributed by atoms with Crippen LogP contribution in [0, 0.1) is 0 Å². The molecule has 3 nitrogen and oxygen atoms in total. The quantitative estimate of drug-likeness (QED) is 0.697. The molecule has 0 aromatic rings. The van der Waals surface area contributed by atoms with Crippen molar-refractivity contribution in [3.63, 3.8) is 0 Å². The largest absolute Gasteiger partial charge is 0.301 e. The Balaban J connectivity index is 0.00000196. The van der Waals surface area contributed by atoms with Crippen LogP contribution in [0.15, 0.2) is 0 Å². The van der Waals surface area contributed by atoms with Crippen LogP contribution in [0.4, 0.5) is 0 Å². The van der Waals surface area contributed by atoms with Crippen LogP contribution in [0.2, 0.25) is 0 Å². The van der Waals surface area contributed by atoms with Crippen LogP contribution in [0.1, 0.15) is 19.8 Å². The highest BCUT2D eigenvalue weighted by molar-refractivity contribution is 6.63. The van der Waals surface area contributed by atoms with Gasteiger partial charge in [-0.2, -0.15) is 0 Å². The topological polar surface area (TPSA) is 23.6 Å². The summed E-state index contributed by atoms with van der Waals surface area (Å²) >= 11 is 5.28. The van der Waals surface area contributed by atoms with Gasteiger partial charge in [-0.1, -0.05) is 6.92 Å². The number of likely N-dealkylation sites (N-methyl/N-ethyl adjacent to an activating group) is 1. The van der Waals surface area contributed by atoms with Crippen molar-refractivity contribution in [3.8, 4) is 0 Å². The zero-order valence-corrected chi connectivity index (χ0v) is 10.8. The molecule has 1 heterocycles. The molecule has 0 unspecified atom stereocenters. The van der Waals surface area contributed by atoms with Crippen LogP contribution in [-0.4, -0.2) is 54.3 Å². The second-order valence-corrected chi connectivity index (χ2v) is 4.16. The Labute approximate surface area is 103 Å². The van der Waals surface area contributed by atoms with E-state index in [1.54, 1.807) is 0 Å². The lowest BCUT2D eigenvalue weighted by Crippen LogP contribution is -2.46. The van der Waals surface area contributed by atoms with Crippen LogP contribution in [-0.2, 0) is 4.79 Å². The maximum absolute atomic E-state index is 10.5. The Morgan fingerprint density at radius 1 is 1.20 bits per heavy atom. The first-order valence-corrected chi connectivity index (χ1v) is 5.73. The first-order valence-electron chi connectivity index (χ1n) is 5.35. The average molecular weight is 255 g/mol. The molecule has 1 fully saturated rings. The summed E-state index contributed by atoms with van der Waals surface area (Å²) in [6.45, 7) is 8.93. The molecule has 15 heavy (non-hydrogen) atoms. The van der Waals surface area contributed by atoms with Gasteiger partial charge in [-0.25, -0.2) is 0 Å². The summed E-state index contributed by atoms with van der Waals surface area (Å²) in [5.41, 5.74) is 0. The third kappa shape index (κ3) is 6.36. The standard InChI is InChI=1S/C10H19ClN2O.ClH/c1-2-12-6-8-13(9-7-12)5-3-4-10(11)14;/h2-9H2,1H3;1H. The van der Waals surface area contributed by atoms with Crippen LogP contribution in [0.3, 0.4) is 0 Å². The molecule has 5 heteroatoms. The summed E-state index contributed by atoms with van der Waals surface area (Å²) in [6, 6.07) is 0. The highest BCUT2D eigenvalue weighted by Gasteiger charge is 2.14. The molecule has 0 N–H and O–H groups in total. The van der Waals surface area contributed by atoms with E-state index < -0.39 is 0 Å². The second-order valence-electron chi connectivity index (χ2n) is 3.73. The van der Waals surface area contributed by atoms with E-state index in [1.807, 2.05) is 0 Å². The first-order chi connectivity index (χ1) is 6.72. The smallest absolute Gasteiger partial charge is 0.221 e. The van der Waals surface area contributed by atoms with Gasteiger partial charge in [0.25, 0.3) is 0 Å². The molecule has 1 rings (SSSR count). The Morgan fingerprint density at radius 3 is 2.20 bits per heavy atom. The lowest BCUT2D eigenvalue weighted by molar-refractivity contribution is -0.111. The molecule has 0 amide bonds. The predicted octanol–water partition coefficient (Wildman–Crippen LogP) is 1.59. The molecule has 0 aliphatic carbocycles. The van der Waals surface area contributed by atoms with Gasteiger partial charge in [-0.3, -0.25) is 4.79 Å². The molecule has 0 spiro atoms. The minimum Gasteiger partial charge on any atom is -0.301 e. The van der Waals surface area contributed by atoms with Gasteiger partial charge >= 0.3 is 0 Å². The molecule has 90 valence electrons. The van der Waals surface area contributed by atoms with Gasteiger partial charge in [0.2, 0.25) is 5.24 Å². The number of hydrogen-bond acceptors (Lipinski definition) is 3. The van der Waals surface area contributed by atoms with Crippen molar-refractivity contribution >= 4 is 29.3 Å².